The molecule has 0 saturated carbocycles. The number of ether oxygens (including phenoxy) is 1. The van der Waals surface area contributed by atoms with Gasteiger partial charge in [0.2, 0.25) is 5.91 Å². The number of nitrogens with zero attached hydrogens (tertiary/aromatic N) is 1. The Morgan fingerprint density at radius 2 is 2.08 bits per heavy atom. The van der Waals surface area contributed by atoms with E-state index in [4.69, 9.17) is 9.84 Å². The first kappa shape index (κ1) is 16.7. The summed E-state index contributed by atoms with van der Waals surface area (Å²) in [6.07, 6.45) is 0.225. The highest BCUT2D eigenvalue weighted by atomic mass is 32.1. The number of carbonyl (C=O) groups excluding carboxylic acids is 1. The Morgan fingerprint density at radius 1 is 1.33 bits per heavy atom. The van der Waals surface area contributed by atoms with Gasteiger partial charge in [-0.25, -0.2) is 4.79 Å². The molecule has 3 rings (SSSR count). The van der Waals surface area contributed by atoms with Crippen LogP contribution in [0.3, 0.4) is 0 Å². The molecule has 1 unspecified atom stereocenters. The fraction of sp³-hybridized carbons (Fsp3) is 0.333. The van der Waals surface area contributed by atoms with Crippen molar-refractivity contribution in [2.45, 2.75) is 18.9 Å². The minimum Gasteiger partial charge on any atom is -0.478 e. The van der Waals surface area contributed by atoms with Crippen molar-refractivity contribution >= 4 is 23.2 Å². The summed E-state index contributed by atoms with van der Waals surface area (Å²) in [5.41, 5.74) is 0.766. The van der Waals surface area contributed by atoms with E-state index >= 15 is 0 Å². The van der Waals surface area contributed by atoms with E-state index in [0.29, 0.717) is 19.7 Å². The zero-order valence-electron chi connectivity index (χ0n) is 13.4. The maximum Gasteiger partial charge on any atom is 0.336 e. The largest absolute Gasteiger partial charge is 0.478 e. The highest BCUT2D eigenvalue weighted by Gasteiger charge is 2.35. The van der Waals surface area contributed by atoms with Crippen molar-refractivity contribution in [3.8, 4) is 0 Å². The van der Waals surface area contributed by atoms with Gasteiger partial charge in [0.1, 0.15) is 5.60 Å². The van der Waals surface area contributed by atoms with Crippen molar-refractivity contribution in [2.75, 3.05) is 19.7 Å². The molecule has 1 atom stereocenters. The summed E-state index contributed by atoms with van der Waals surface area (Å²) in [4.78, 5) is 26.1. The van der Waals surface area contributed by atoms with Gasteiger partial charge in [0, 0.05) is 16.8 Å². The molecule has 1 aromatic carbocycles. The molecule has 24 heavy (non-hydrogen) atoms. The Kier molecular flexibility index (Phi) is 4.69. The van der Waals surface area contributed by atoms with Crippen molar-refractivity contribution in [3.63, 3.8) is 0 Å². The van der Waals surface area contributed by atoms with Gasteiger partial charge in [-0.3, -0.25) is 4.79 Å². The van der Waals surface area contributed by atoms with Crippen molar-refractivity contribution in [1.82, 2.24) is 4.90 Å². The lowest BCUT2D eigenvalue weighted by Crippen LogP contribution is -2.50. The first-order valence-corrected chi connectivity index (χ1v) is 8.64. The van der Waals surface area contributed by atoms with Gasteiger partial charge in [-0.15, -0.1) is 11.3 Å². The van der Waals surface area contributed by atoms with Crippen LogP contribution in [-0.4, -0.2) is 41.6 Å². The lowest BCUT2D eigenvalue weighted by Gasteiger charge is -2.41. The number of carboxylic acid groups (broad SMARTS) is 1. The van der Waals surface area contributed by atoms with Crippen LogP contribution in [0.2, 0.25) is 0 Å². The average molecular weight is 345 g/mol. The highest BCUT2D eigenvalue weighted by molar-refractivity contribution is 7.10. The molecule has 1 saturated heterocycles. The number of morpholine rings is 1. The fourth-order valence-electron chi connectivity index (χ4n) is 2.89. The molecular formula is C18H19NO4S. The molecule has 1 amide bonds. The summed E-state index contributed by atoms with van der Waals surface area (Å²) in [6, 6.07) is 11.5. The molecule has 5 nitrogen and oxygen atoms in total. The highest BCUT2D eigenvalue weighted by Crippen LogP contribution is 2.29. The zero-order valence-corrected chi connectivity index (χ0v) is 14.2. The number of benzene rings is 1. The molecule has 1 aliphatic heterocycles. The molecule has 2 heterocycles. The van der Waals surface area contributed by atoms with E-state index < -0.39 is 11.6 Å². The fourth-order valence-corrected chi connectivity index (χ4v) is 3.74. The van der Waals surface area contributed by atoms with Crippen LogP contribution in [0, 0.1) is 0 Å². The van der Waals surface area contributed by atoms with Gasteiger partial charge < -0.3 is 14.7 Å². The van der Waals surface area contributed by atoms with Crippen molar-refractivity contribution < 1.29 is 19.4 Å². The summed E-state index contributed by atoms with van der Waals surface area (Å²) >= 11 is 1.31. The smallest absolute Gasteiger partial charge is 0.336 e. The lowest BCUT2D eigenvalue weighted by atomic mass is 9.93. The molecule has 0 aliphatic carbocycles. The molecule has 1 aromatic heterocycles. The maximum atomic E-state index is 12.6. The quantitative estimate of drug-likeness (QED) is 0.925. The van der Waals surface area contributed by atoms with Crippen LogP contribution in [-0.2, 0) is 21.6 Å². The number of carboxylic acids is 1. The summed E-state index contributed by atoms with van der Waals surface area (Å²) in [5.74, 6) is -0.966. The third-order valence-corrected chi connectivity index (χ3v) is 5.17. The van der Waals surface area contributed by atoms with E-state index in [-0.39, 0.29) is 17.9 Å². The first-order chi connectivity index (χ1) is 11.5. The van der Waals surface area contributed by atoms with Gasteiger partial charge in [-0.1, -0.05) is 30.3 Å². The van der Waals surface area contributed by atoms with Crippen LogP contribution in [0.15, 0.2) is 41.8 Å². The van der Waals surface area contributed by atoms with Gasteiger partial charge in [0.25, 0.3) is 0 Å². The van der Waals surface area contributed by atoms with Crippen LogP contribution in [0.5, 0.6) is 0 Å². The van der Waals surface area contributed by atoms with Crippen LogP contribution in [0.4, 0.5) is 0 Å². The van der Waals surface area contributed by atoms with E-state index in [9.17, 15) is 9.59 Å². The Morgan fingerprint density at radius 3 is 2.75 bits per heavy atom. The van der Waals surface area contributed by atoms with E-state index in [0.717, 1.165) is 10.4 Å². The van der Waals surface area contributed by atoms with Gasteiger partial charge in [-0.05, 0) is 18.6 Å². The van der Waals surface area contributed by atoms with E-state index in [1.165, 1.54) is 11.3 Å². The molecule has 1 N–H and O–H groups in total. The van der Waals surface area contributed by atoms with Crippen LogP contribution >= 0.6 is 11.3 Å². The lowest BCUT2D eigenvalue weighted by molar-refractivity contribution is -0.149. The molecule has 126 valence electrons. The number of carbonyl (C=O) groups is 2. The number of amides is 1. The standard InChI is InChI=1S/C18H19NO4S/c1-18(14-5-3-2-4-6-14)12-19(7-8-23-18)16(20)10-15-9-13(11-24-15)17(21)22/h2-6,9,11H,7-8,10,12H2,1H3,(H,21,22). The topological polar surface area (TPSA) is 66.8 Å². The SMILES string of the molecule is CC1(c2ccccc2)CN(C(=O)Cc2cc(C(=O)O)cs2)CCO1. The molecular weight excluding hydrogens is 326 g/mol. The summed E-state index contributed by atoms with van der Waals surface area (Å²) in [6.45, 7) is 3.53. The average Bonchev–Trinajstić information content (AvgIpc) is 3.04. The van der Waals surface area contributed by atoms with Crippen molar-refractivity contribution in [1.29, 1.82) is 0 Å². The molecule has 0 bridgehead atoms. The molecule has 1 aliphatic rings. The number of aromatic carboxylic acids is 1. The summed E-state index contributed by atoms with van der Waals surface area (Å²) < 4.78 is 5.95. The monoisotopic (exact) mass is 345 g/mol. The number of rotatable bonds is 4. The van der Waals surface area contributed by atoms with E-state index in [1.807, 2.05) is 37.3 Å². The number of hydrogen-bond donors (Lipinski definition) is 1. The molecule has 2 aromatic rings. The third kappa shape index (κ3) is 3.49. The minimum absolute atomic E-state index is 0.000699. The van der Waals surface area contributed by atoms with Gasteiger partial charge in [-0.2, -0.15) is 0 Å². The maximum absolute atomic E-state index is 12.6. The van der Waals surface area contributed by atoms with Crippen molar-refractivity contribution in [2.24, 2.45) is 0 Å². The Bertz CT molecular complexity index is 742. The second kappa shape index (κ2) is 6.75. The van der Waals surface area contributed by atoms with E-state index in [2.05, 4.69) is 0 Å². The van der Waals surface area contributed by atoms with E-state index in [1.54, 1.807) is 16.3 Å². The van der Waals surface area contributed by atoms with Crippen LogP contribution in [0.25, 0.3) is 0 Å². The summed E-state index contributed by atoms with van der Waals surface area (Å²) in [5, 5.41) is 10.5. The zero-order chi connectivity index (χ0) is 17.2. The second-order valence-corrected chi connectivity index (χ2v) is 7.04. The minimum atomic E-state index is -0.965. The molecule has 6 heteroatoms. The van der Waals surface area contributed by atoms with Crippen LogP contribution in [0.1, 0.15) is 27.7 Å². The Hall–Kier alpha value is -2.18. The molecule has 1 fully saturated rings. The van der Waals surface area contributed by atoms with Gasteiger partial charge in [0.05, 0.1) is 25.1 Å². The summed E-state index contributed by atoms with van der Waals surface area (Å²) in [7, 11) is 0. The Balaban J connectivity index is 1.70. The number of hydrogen-bond acceptors (Lipinski definition) is 4. The second-order valence-electron chi connectivity index (χ2n) is 6.04. The van der Waals surface area contributed by atoms with Gasteiger partial charge >= 0.3 is 5.97 Å². The number of thiophene rings is 1. The molecule has 0 spiro atoms. The van der Waals surface area contributed by atoms with Crippen molar-refractivity contribution in [3.05, 3.63) is 57.8 Å². The van der Waals surface area contributed by atoms with Crippen LogP contribution < -0.4 is 0 Å². The third-order valence-electron chi connectivity index (χ3n) is 4.24. The van der Waals surface area contributed by atoms with Gasteiger partial charge in [0.15, 0.2) is 0 Å². The first-order valence-electron chi connectivity index (χ1n) is 7.76. The predicted octanol–water partition coefficient (Wildman–Crippen LogP) is 2.76. The predicted molar refractivity (Wildman–Crippen MR) is 91.3 cm³/mol. The Labute approximate surface area is 144 Å². The molecule has 0 radical (unpaired) electrons. The normalized spacial score (nSPS) is 20.8.